The lowest BCUT2D eigenvalue weighted by molar-refractivity contribution is 0.102. The van der Waals surface area contributed by atoms with Crippen molar-refractivity contribution in [2.45, 2.75) is 13.8 Å². The van der Waals surface area contributed by atoms with E-state index in [1.54, 1.807) is 16.6 Å². The number of carbonyl (C=O) groups excluding carboxylic acids is 1. The molecule has 0 fully saturated rings. The number of carbonyl (C=O) groups is 1. The van der Waals surface area contributed by atoms with Crippen molar-refractivity contribution in [3.8, 4) is 11.1 Å². The average Bonchev–Trinajstić information content (AvgIpc) is 2.99. The molecule has 134 valence electrons. The topological polar surface area (TPSA) is 59.3 Å². The maximum atomic E-state index is 13.3. The minimum Gasteiger partial charge on any atom is -0.322 e. The maximum absolute atomic E-state index is 13.3. The molecule has 5 nitrogen and oxygen atoms in total. The number of amides is 1. The van der Waals surface area contributed by atoms with Crippen LogP contribution < -0.4 is 5.32 Å². The van der Waals surface area contributed by atoms with Crippen molar-refractivity contribution in [3.05, 3.63) is 83.6 Å². The van der Waals surface area contributed by atoms with Crippen molar-refractivity contribution >= 4 is 17.2 Å². The molecule has 0 saturated carbocycles. The number of hydrogen-bond donors (Lipinski definition) is 1. The van der Waals surface area contributed by atoms with E-state index in [9.17, 15) is 9.18 Å². The second-order valence-electron chi connectivity index (χ2n) is 6.28. The van der Waals surface area contributed by atoms with Crippen LogP contribution in [0, 0.1) is 19.7 Å². The van der Waals surface area contributed by atoms with E-state index in [1.807, 2.05) is 44.2 Å². The van der Waals surface area contributed by atoms with Gasteiger partial charge in [-0.15, -0.1) is 0 Å². The molecule has 0 radical (unpaired) electrons. The summed E-state index contributed by atoms with van der Waals surface area (Å²) in [5.74, 6) is -0.768. The first-order valence-electron chi connectivity index (χ1n) is 8.52. The first-order valence-corrected chi connectivity index (χ1v) is 8.52. The van der Waals surface area contributed by atoms with E-state index < -0.39 is 5.82 Å². The van der Waals surface area contributed by atoms with Crippen LogP contribution >= 0.6 is 0 Å². The fraction of sp³-hybridized carbons (Fsp3) is 0.0952. The summed E-state index contributed by atoms with van der Waals surface area (Å²) in [6, 6.07) is 15.7. The Balaban J connectivity index is 1.76. The number of rotatable bonds is 3. The van der Waals surface area contributed by atoms with Crippen LogP contribution in [0.3, 0.4) is 0 Å². The van der Waals surface area contributed by atoms with E-state index in [0.717, 1.165) is 16.8 Å². The lowest BCUT2D eigenvalue weighted by atomic mass is 10.1. The van der Waals surface area contributed by atoms with Gasteiger partial charge in [0, 0.05) is 17.4 Å². The van der Waals surface area contributed by atoms with Crippen LogP contribution in [0.2, 0.25) is 0 Å². The Morgan fingerprint density at radius 2 is 1.85 bits per heavy atom. The molecule has 0 bridgehead atoms. The van der Waals surface area contributed by atoms with Gasteiger partial charge in [-0.2, -0.15) is 5.10 Å². The van der Waals surface area contributed by atoms with Gasteiger partial charge < -0.3 is 5.32 Å². The molecular formula is C21H17FN4O. The third-order valence-electron chi connectivity index (χ3n) is 4.45. The average molecular weight is 360 g/mol. The Kier molecular flexibility index (Phi) is 4.16. The van der Waals surface area contributed by atoms with E-state index in [1.165, 1.54) is 18.3 Å². The molecule has 4 rings (SSSR count). The predicted octanol–water partition coefficient (Wildman–Crippen LogP) is 4.40. The number of anilines is 1. The van der Waals surface area contributed by atoms with Crippen molar-refractivity contribution in [2.75, 3.05) is 5.32 Å². The molecule has 0 unspecified atom stereocenters. The molecule has 1 N–H and O–H groups in total. The highest BCUT2D eigenvalue weighted by Gasteiger charge is 2.18. The highest BCUT2D eigenvalue weighted by atomic mass is 19.1. The van der Waals surface area contributed by atoms with Crippen molar-refractivity contribution < 1.29 is 9.18 Å². The zero-order valence-electron chi connectivity index (χ0n) is 14.9. The van der Waals surface area contributed by atoms with Crippen LogP contribution in [0.5, 0.6) is 0 Å². The van der Waals surface area contributed by atoms with Gasteiger partial charge in [0.05, 0.1) is 17.0 Å². The third-order valence-corrected chi connectivity index (χ3v) is 4.45. The van der Waals surface area contributed by atoms with Gasteiger partial charge in [0.1, 0.15) is 5.82 Å². The van der Waals surface area contributed by atoms with Gasteiger partial charge in [0.2, 0.25) is 0 Å². The predicted molar refractivity (Wildman–Crippen MR) is 102 cm³/mol. The smallest absolute Gasteiger partial charge is 0.259 e. The maximum Gasteiger partial charge on any atom is 0.259 e. The summed E-state index contributed by atoms with van der Waals surface area (Å²) in [6.45, 7) is 3.74. The fourth-order valence-electron chi connectivity index (χ4n) is 3.13. The Labute approximate surface area is 155 Å². The van der Waals surface area contributed by atoms with Gasteiger partial charge in [-0.3, -0.25) is 4.79 Å². The summed E-state index contributed by atoms with van der Waals surface area (Å²) < 4.78 is 15.0. The fourth-order valence-corrected chi connectivity index (χ4v) is 3.13. The number of hydrogen-bond acceptors (Lipinski definition) is 3. The Hall–Kier alpha value is -3.54. The number of benzene rings is 2. The molecule has 1 amide bonds. The Bertz CT molecular complexity index is 1150. The molecule has 0 saturated heterocycles. The highest BCUT2D eigenvalue weighted by molar-refractivity contribution is 6.05. The summed E-state index contributed by atoms with van der Waals surface area (Å²) in [5.41, 5.74) is 4.93. The number of nitrogens with zero attached hydrogens (tertiary/aromatic N) is 3. The minimum atomic E-state index is -0.409. The zero-order valence-corrected chi connectivity index (χ0v) is 14.9. The normalized spacial score (nSPS) is 10.9. The zero-order chi connectivity index (χ0) is 19.0. The minimum absolute atomic E-state index is 0.359. The first-order chi connectivity index (χ1) is 13.0. The van der Waals surface area contributed by atoms with Crippen LogP contribution in [0.15, 0.2) is 60.8 Å². The van der Waals surface area contributed by atoms with Gasteiger partial charge in [-0.05, 0) is 37.6 Å². The summed E-state index contributed by atoms with van der Waals surface area (Å²) in [7, 11) is 0. The highest BCUT2D eigenvalue weighted by Crippen LogP contribution is 2.28. The van der Waals surface area contributed by atoms with Crippen LogP contribution in [0.1, 0.15) is 21.7 Å². The van der Waals surface area contributed by atoms with Crippen molar-refractivity contribution in [1.29, 1.82) is 0 Å². The molecule has 27 heavy (non-hydrogen) atoms. The van der Waals surface area contributed by atoms with E-state index in [-0.39, 0.29) is 5.91 Å². The molecule has 2 aromatic heterocycles. The van der Waals surface area contributed by atoms with Crippen LogP contribution in [-0.4, -0.2) is 20.5 Å². The molecule has 0 aliphatic heterocycles. The van der Waals surface area contributed by atoms with Gasteiger partial charge in [0.25, 0.3) is 5.91 Å². The SMILES string of the molecule is Cc1nn2c(C)c(C(=O)Nc3cccc(F)c3)cnc2c1-c1ccccc1. The van der Waals surface area contributed by atoms with Crippen molar-refractivity contribution in [2.24, 2.45) is 0 Å². The van der Waals surface area contributed by atoms with Gasteiger partial charge >= 0.3 is 0 Å². The standard InChI is InChI=1S/C21H17FN4O/c1-13-19(15-7-4-3-5-8-15)20-23-12-18(14(2)26(20)25-13)21(27)24-17-10-6-9-16(22)11-17/h3-12H,1-2H3,(H,24,27). The largest absolute Gasteiger partial charge is 0.322 e. The van der Waals surface area contributed by atoms with Gasteiger partial charge in [-0.25, -0.2) is 13.9 Å². The van der Waals surface area contributed by atoms with Gasteiger partial charge in [0.15, 0.2) is 5.65 Å². The third kappa shape index (κ3) is 3.06. The summed E-state index contributed by atoms with van der Waals surface area (Å²) in [4.78, 5) is 17.1. The van der Waals surface area contributed by atoms with Crippen LogP contribution in [0.25, 0.3) is 16.8 Å². The summed E-state index contributed by atoms with van der Waals surface area (Å²) in [6.07, 6.45) is 1.53. The molecule has 2 aromatic carbocycles. The second-order valence-corrected chi connectivity index (χ2v) is 6.28. The lowest BCUT2D eigenvalue weighted by Crippen LogP contribution is -2.16. The molecule has 0 spiro atoms. The quantitative estimate of drug-likeness (QED) is 0.589. The number of aromatic nitrogens is 3. The molecule has 2 heterocycles. The molecule has 4 aromatic rings. The van der Waals surface area contributed by atoms with E-state index >= 15 is 0 Å². The van der Waals surface area contributed by atoms with Crippen LogP contribution in [-0.2, 0) is 0 Å². The van der Waals surface area contributed by atoms with Crippen LogP contribution in [0.4, 0.5) is 10.1 Å². The van der Waals surface area contributed by atoms with E-state index in [4.69, 9.17) is 0 Å². The number of nitrogens with one attached hydrogen (secondary N) is 1. The molecule has 0 aliphatic carbocycles. The number of fused-ring (bicyclic) bond motifs is 1. The lowest BCUT2D eigenvalue weighted by Gasteiger charge is -2.09. The molecule has 6 heteroatoms. The Morgan fingerprint density at radius 1 is 1.07 bits per heavy atom. The Morgan fingerprint density at radius 3 is 2.59 bits per heavy atom. The summed E-state index contributed by atoms with van der Waals surface area (Å²) >= 11 is 0. The molecule has 0 aliphatic rings. The first kappa shape index (κ1) is 16.9. The molecule has 0 atom stereocenters. The van der Waals surface area contributed by atoms with Crippen molar-refractivity contribution in [1.82, 2.24) is 14.6 Å². The molecular weight excluding hydrogens is 343 g/mol. The monoisotopic (exact) mass is 360 g/mol. The summed E-state index contributed by atoms with van der Waals surface area (Å²) in [5, 5.41) is 7.27. The number of halogens is 1. The van der Waals surface area contributed by atoms with E-state index in [2.05, 4.69) is 15.4 Å². The number of aryl methyl sites for hydroxylation is 2. The van der Waals surface area contributed by atoms with Gasteiger partial charge in [-0.1, -0.05) is 36.4 Å². The second kappa shape index (κ2) is 6.64. The van der Waals surface area contributed by atoms with E-state index in [0.29, 0.717) is 22.6 Å². The van der Waals surface area contributed by atoms with Crippen molar-refractivity contribution in [3.63, 3.8) is 0 Å².